The summed E-state index contributed by atoms with van der Waals surface area (Å²) in [5.74, 6) is -2.46. The quantitative estimate of drug-likeness (QED) is 0.596. The molecule has 2 aromatic carbocycles. The van der Waals surface area contributed by atoms with Gasteiger partial charge in [-0.25, -0.2) is 8.78 Å². The zero-order chi connectivity index (χ0) is 13.8. The molecule has 0 aliphatic rings. The van der Waals surface area contributed by atoms with Crippen LogP contribution in [0.3, 0.4) is 0 Å². The first kappa shape index (κ1) is 13.4. The van der Waals surface area contributed by atoms with Crippen LogP contribution in [0, 0.1) is 11.6 Å². The van der Waals surface area contributed by atoms with Crippen LogP contribution in [0.2, 0.25) is 5.02 Å². The van der Waals surface area contributed by atoms with Crippen molar-refractivity contribution in [3.63, 3.8) is 0 Å². The van der Waals surface area contributed by atoms with E-state index in [-0.39, 0.29) is 0 Å². The van der Waals surface area contributed by atoms with Crippen molar-refractivity contribution in [2.75, 3.05) is 0 Å². The standard InChI is InChI=1S/C15H9ClF2O/c16-11-7-4-10(5-8-11)6-9-14(19)15-12(17)2-1-3-13(15)18/h1-9H/b9-6+. The third kappa shape index (κ3) is 3.26. The lowest BCUT2D eigenvalue weighted by atomic mass is 10.1. The van der Waals surface area contributed by atoms with Crippen LogP contribution in [0.4, 0.5) is 8.78 Å². The molecule has 0 bridgehead atoms. The highest BCUT2D eigenvalue weighted by Gasteiger charge is 2.14. The van der Waals surface area contributed by atoms with Crippen molar-refractivity contribution in [1.29, 1.82) is 0 Å². The van der Waals surface area contributed by atoms with Crippen molar-refractivity contribution in [2.24, 2.45) is 0 Å². The van der Waals surface area contributed by atoms with Gasteiger partial charge in [0.1, 0.15) is 11.6 Å². The number of hydrogen-bond donors (Lipinski definition) is 0. The number of ketones is 1. The predicted molar refractivity (Wildman–Crippen MR) is 71.2 cm³/mol. The zero-order valence-electron chi connectivity index (χ0n) is 9.74. The van der Waals surface area contributed by atoms with E-state index in [1.54, 1.807) is 24.3 Å². The van der Waals surface area contributed by atoms with Crippen LogP contribution < -0.4 is 0 Å². The van der Waals surface area contributed by atoms with Gasteiger partial charge < -0.3 is 0 Å². The maximum absolute atomic E-state index is 13.4. The first-order chi connectivity index (χ1) is 9.08. The number of hydrogen-bond acceptors (Lipinski definition) is 1. The Hall–Kier alpha value is -2.00. The summed E-state index contributed by atoms with van der Waals surface area (Å²) in [5, 5.41) is 0.573. The van der Waals surface area contributed by atoms with Gasteiger partial charge in [-0.3, -0.25) is 4.79 Å². The van der Waals surface area contributed by atoms with Crippen LogP contribution in [0.5, 0.6) is 0 Å². The summed E-state index contributed by atoms with van der Waals surface area (Å²) in [4.78, 5) is 11.7. The first-order valence-corrected chi connectivity index (χ1v) is 5.88. The average molecular weight is 279 g/mol. The molecule has 2 rings (SSSR count). The van der Waals surface area contributed by atoms with Gasteiger partial charge in [0.25, 0.3) is 0 Å². The molecule has 0 N–H and O–H groups in total. The summed E-state index contributed by atoms with van der Waals surface area (Å²) in [5.41, 5.74) is 0.169. The van der Waals surface area contributed by atoms with Gasteiger partial charge in [-0.05, 0) is 35.9 Å². The molecule has 1 nitrogen and oxygen atoms in total. The molecule has 96 valence electrons. The molecule has 2 aromatic rings. The lowest BCUT2D eigenvalue weighted by Gasteiger charge is -2.00. The van der Waals surface area contributed by atoms with Crippen LogP contribution in [-0.2, 0) is 0 Å². The topological polar surface area (TPSA) is 17.1 Å². The Labute approximate surface area is 114 Å². The molecular weight excluding hydrogens is 270 g/mol. The van der Waals surface area contributed by atoms with E-state index in [1.807, 2.05) is 0 Å². The molecule has 0 aromatic heterocycles. The summed E-state index contributed by atoms with van der Waals surface area (Å²) >= 11 is 5.72. The largest absolute Gasteiger partial charge is 0.289 e. The molecule has 0 radical (unpaired) electrons. The molecule has 0 fully saturated rings. The Morgan fingerprint density at radius 1 is 1.00 bits per heavy atom. The maximum Gasteiger partial charge on any atom is 0.191 e. The Morgan fingerprint density at radius 3 is 2.16 bits per heavy atom. The van der Waals surface area contributed by atoms with Crippen molar-refractivity contribution >= 4 is 23.5 Å². The van der Waals surface area contributed by atoms with Crippen LogP contribution in [0.25, 0.3) is 6.08 Å². The highest BCUT2D eigenvalue weighted by Crippen LogP contribution is 2.15. The fourth-order valence-electron chi connectivity index (χ4n) is 1.56. The van der Waals surface area contributed by atoms with E-state index >= 15 is 0 Å². The van der Waals surface area contributed by atoms with Crippen molar-refractivity contribution in [3.8, 4) is 0 Å². The molecule has 0 saturated carbocycles. The number of allylic oxidation sites excluding steroid dienone is 1. The lowest BCUT2D eigenvalue weighted by Crippen LogP contribution is -2.02. The van der Waals surface area contributed by atoms with Crippen molar-refractivity contribution in [3.05, 3.63) is 76.3 Å². The van der Waals surface area contributed by atoms with Gasteiger partial charge in [-0.2, -0.15) is 0 Å². The van der Waals surface area contributed by atoms with E-state index in [4.69, 9.17) is 11.6 Å². The minimum atomic E-state index is -0.870. The van der Waals surface area contributed by atoms with Gasteiger partial charge in [0, 0.05) is 5.02 Å². The molecule has 0 amide bonds. The molecular formula is C15H9ClF2O. The summed E-state index contributed by atoms with van der Waals surface area (Å²) < 4.78 is 26.7. The Morgan fingerprint density at radius 2 is 1.58 bits per heavy atom. The highest BCUT2D eigenvalue weighted by atomic mass is 35.5. The summed E-state index contributed by atoms with van der Waals surface area (Å²) in [6.45, 7) is 0. The Balaban J connectivity index is 2.24. The molecule has 19 heavy (non-hydrogen) atoms. The van der Waals surface area contributed by atoms with Crippen LogP contribution in [0.1, 0.15) is 15.9 Å². The minimum Gasteiger partial charge on any atom is -0.289 e. The monoisotopic (exact) mass is 278 g/mol. The lowest BCUT2D eigenvalue weighted by molar-refractivity contribution is 0.104. The summed E-state index contributed by atoms with van der Waals surface area (Å²) in [7, 11) is 0. The van der Waals surface area contributed by atoms with Gasteiger partial charge in [0.15, 0.2) is 5.78 Å². The second kappa shape index (κ2) is 5.76. The molecule has 0 heterocycles. The van der Waals surface area contributed by atoms with Gasteiger partial charge in [-0.15, -0.1) is 0 Å². The Bertz CT molecular complexity index is 613. The number of carbonyl (C=O) groups excluding carboxylic acids is 1. The van der Waals surface area contributed by atoms with Crippen molar-refractivity contribution in [2.45, 2.75) is 0 Å². The predicted octanol–water partition coefficient (Wildman–Crippen LogP) is 4.51. The summed E-state index contributed by atoms with van der Waals surface area (Å²) in [6, 6.07) is 10.0. The van der Waals surface area contributed by atoms with Gasteiger partial charge in [0.2, 0.25) is 0 Å². The van der Waals surface area contributed by atoms with E-state index in [1.165, 1.54) is 12.1 Å². The average Bonchev–Trinajstić information content (AvgIpc) is 2.38. The minimum absolute atomic E-state index is 0.548. The molecule has 0 unspecified atom stereocenters. The molecule has 0 spiro atoms. The molecule has 0 aliphatic carbocycles. The van der Waals surface area contributed by atoms with Gasteiger partial charge in [-0.1, -0.05) is 35.9 Å². The van der Waals surface area contributed by atoms with Gasteiger partial charge in [0.05, 0.1) is 5.56 Å². The third-order valence-corrected chi connectivity index (χ3v) is 2.76. The van der Waals surface area contributed by atoms with E-state index in [9.17, 15) is 13.6 Å². The zero-order valence-corrected chi connectivity index (χ0v) is 10.5. The van der Waals surface area contributed by atoms with E-state index in [0.717, 1.165) is 23.8 Å². The van der Waals surface area contributed by atoms with Crippen molar-refractivity contribution < 1.29 is 13.6 Å². The van der Waals surface area contributed by atoms with E-state index in [0.29, 0.717) is 5.02 Å². The van der Waals surface area contributed by atoms with Crippen molar-refractivity contribution in [1.82, 2.24) is 0 Å². The highest BCUT2D eigenvalue weighted by molar-refractivity contribution is 6.30. The van der Waals surface area contributed by atoms with E-state index in [2.05, 4.69) is 0 Å². The third-order valence-electron chi connectivity index (χ3n) is 2.51. The maximum atomic E-state index is 13.4. The normalized spacial score (nSPS) is 10.9. The van der Waals surface area contributed by atoms with E-state index < -0.39 is 23.0 Å². The first-order valence-electron chi connectivity index (χ1n) is 5.50. The van der Waals surface area contributed by atoms with Crippen LogP contribution in [0.15, 0.2) is 48.5 Å². The van der Waals surface area contributed by atoms with Gasteiger partial charge >= 0.3 is 0 Å². The van der Waals surface area contributed by atoms with Crippen LogP contribution >= 0.6 is 11.6 Å². The fourth-order valence-corrected chi connectivity index (χ4v) is 1.69. The number of rotatable bonds is 3. The number of benzene rings is 2. The second-order valence-electron chi connectivity index (χ2n) is 3.85. The van der Waals surface area contributed by atoms with Crippen LogP contribution in [-0.4, -0.2) is 5.78 Å². The smallest absolute Gasteiger partial charge is 0.191 e. The molecule has 4 heteroatoms. The number of halogens is 3. The fraction of sp³-hybridized carbons (Fsp3) is 0. The molecule has 0 atom stereocenters. The number of carbonyl (C=O) groups is 1. The second-order valence-corrected chi connectivity index (χ2v) is 4.28. The molecule has 0 aliphatic heterocycles. The Kier molecular flexibility index (Phi) is 4.07. The summed E-state index contributed by atoms with van der Waals surface area (Å²) in [6.07, 6.45) is 2.61. The molecule has 0 saturated heterocycles. The SMILES string of the molecule is O=C(/C=C/c1ccc(Cl)cc1)c1c(F)cccc1F.